The molecule has 1 saturated carbocycles. The van der Waals surface area contributed by atoms with Gasteiger partial charge in [-0.3, -0.25) is 0 Å². The van der Waals surface area contributed by atoms with Crippen LogP contribution in [0, 0.1) is 35.5 Å². The molecular weight excluding hydrogens is 328 g/mol. The minimum absolute atomic E-state index is 0.583. The van der Waals surface area contributed by atoms with Crippen LogP contribution in [0.2, 0.25) is 0 Å². The van der Waals surface area contributed by atoms with Gasteiger partial charge in [0, 0.05) is 11.5 Å². The lowest BCUT2D eigenvalue weighted by atomic mass is 9.81. The number of unbranched alkanes of at least 4 members (excludes halogenated alkanes) is 3. The van der Waals surface area contributed by atoms with Crippen LogP contribution in [0.3, 0.4) is 0 Å². The third-order valence-corrected chi connectivity index (χ3v) is 5.30. The quantitative estimate of drug-likeness (QED) is 0.384. The lowest BCUT2D eigenvalue weighted by Crippen LogP contribution is -2.12. The zero-order valence-corrected chi connectivity index (χ0v) is 17.1. The van der Waals surface area contributed by atoms with Crippen molar-refractivity contribution in [2.45, 2.75) is 71.6 Å². The number of benzene rings is 1. The molecular formula is C26H34O. The molecule has 0 N–H and O–H groups in total. The minimum atomic E-state index is 0.583. The molecule has 0 heterocycles. The third kappa shape index (κ3) is 8.88. The van der Waals surface area contributed by atoms with Crippen molar-refractivity contribution >= 4 is 0 Å². The van der Waals surface area contributed by atoms with Crippen molar-refractivity contribution in [3.63, 3.8) is 0 Å². The van der Waals surface area contributed by atoms with E-state index in [9.17, 15) is 0 Å². The van der Waals surface area contributed by atoms with Crippen molar-refractivity contribution < 1.29 is 4.74 Å². The van der Waals surface area contributed by atoms with Crippen LogP contribution >= 0.6 is 0 Å². The Morgan fingerprint density at radius 1 is 0.926 bits per heavy atom. The smallest absolute Gasteiger partial charge is 0.119 e. The molecule has 0 saturated heterocycles. The second-order valence-electron chi connectivity index (χ2n) is 7.45. The van der Waals surface area contributed by atoms with Crippen LogP contribution in [0.5, 0.6) is 5.75 Å². The van der Waals surface area contributed by atoms with Crippen molar-refractivity contribution in [1.82, 2.24) is 0 Å². The molecule has 1 aromatic rings. The van der Waals surface area contributed by atoms with Gasteiger partial charge in [-0.15, -0.1) is 0 Å². The summed E-state index contributed by atoms with van der Waals surface area (Å²) in [5.41, 5.74) is 1.00. The monoisotopic (exact) mass is 362 g/mol. The molecule has 0 unspecified atom stereocenters. The average molecular weight is 363 g/mol. The topological polar surface area (TPSA) is 9.23 Å². The first-order valence-electron chi connectivity index (χ1n) is 10.7. The fourth-order valence-corrected chi connectivity index (χ4v) is 3.44. The molecule has 27 heavy (non-hydrogen) atoms. The summed E-state index contributed by atoms with van der Waals surface area (Å²) in [6, 6.07) is 8.03. The highest BCUT2D eigenvalue weighted by molar-refractivity contribution is 5.40. The molecule has 1 fully saturated rings. The van der Waals surface area contributed by atoms with Crippen LogP contribution in [-0.2, 0) is 0 Å². The fourth-order valence-electron chi connectivity index (χ4n) is 3.44. The molecule has 144 valence electrons. The lowest BCUT2D eigenvalue weighted by Gasteiger charge is -2.24. The molecule has 0 amide bonds. The van der Waals surface area contributed by atoms with Gasteiger partial charge in [0.05, 0.1) is 6.61 Å². The van der Waals surface area contributed by atoms with Gasteiger partial charge >= 0.3 is 0 Å². The highest BCUT2D eigenvalue weighted by atomic mass is 16.5. The van der Waals surface area contributed by atoms with E-state index in [0.29, 0.717) is 5.92 Å². The first-order chi connectivity index (χ1) is 13.3. The van der Waals surface area contributed by atoms with E-state index in [-0.39, 0.29) is 0 Å². The van der Waals surface area contributed by atoms with E-state index in [1.807, 2.05) is 36.4 Å². The minimum Gasteiger partial charge on any atom is -0.494 e. The number of allylic oxidation sites excluding steroid dienone is 2. The van der Waals surface area contributed by atoms with Crippen LogP contribution < -0.4 is 4.74 Å². The van der Waals surface area contributed by atoms with Crippen molar-refractivity contribution in [3.8, 4) is 29.4 Å². The molecule has 2 rings (SSSR count). The van der Waals surface area contributed by atoms with E-state index in [2.05, 4.69) is 37.5 Å². The molecule has 1 aliphatic carbocycles. The van der Waals surface area contributed by atoms with Crippen molar-refractivity contribution in [1.29, 1.82) is 0 Å². The van der Waals surface area contributed by atoms with Crippen LogP contribution in [0.25, 0.3) is 0 Å². The number of hydrogen-bond donors (Lipinski definition) is 0. The Morgan fingerprint density at radius 2 is 1.67 bits per heavy atom. The summed E-state index contributed by atoms with van der Waals surface area (Å²) < 4.78 is 5.76. The summed E-state index contributed by atoms with van der Waals surface area (Å²) in [5, 5.41) is 0. The third-order valence-electron chi connectivity index (χ3n) is 5.30. The molecule has 1 aromatic carbocycles. The predicted octanol–water partition coefficient (Wildman–Crippen LogP) is 6.77. The predicted molar refractivity (Wildman–Crippen MR) is 116 cm³/mol. The Kier molecular flexibility index (Phi) is 10.3. The molecule has 0 aliphatic heterocycles. The van der Waals surface area contributed by atoms with Crippen molar-refractivity contribution in [2.75, 3.05) is 6.61 Å². The molecule has 0 spiro atoms. The lowest BCUT2D eigenvalue weighted by molar-refractivity contribution is 0.305. The zero-order chi connectivity index (χ0) is 19.2. The van der Waals surface area contributed by atoms with Crippen LogP contribution in [0.1, 0.15) is 77.2 Å². The summed E-state index contributed by atoms with van der Waals surface area (Å²) in [4.78, 5) is 0. The van der Waals surface area contributed by atoms with Crippen molar-refractivity contribution in [2.24, 2.45) is 11.8 Å². The SMILES string of the molecule is CCCCCCOc1ccc(C#C/C=C/C#C[C@H]2CC[C@H](CC)CC2)cc1. The summed E-state index contributed by atoms with van der Waals surface area (Å²) >= 11 is 0. The summed E-state index contributed by atoms with van der Waals surface area (Å²) in [6.07, 6.45) is 15.2. The molecule has 0 bridgehead atoms. The molecule has 0 aromatic heterocycles. The molecule has 1 nitrogen and oxygen atoms in total. The number of hydrogen-bond acceptors (Lipinski definition) is 1. The maximum atomic E-state index is 5.76. The highest BCUT2D eigenvalue weighted by Crippen LogP contribution is 2.29. The molecule has 1 aliphatic rings. The van der Waals surface area contributed by atoms with E-state index in [4.69, 9.17) is 4.74 Å². The Labute approximate surface area is 166 Å². The van der Waals surface area contributed by atoms with Gasteiger partial charge in [-0.1, -0.05) is 63.2 Å². The Hall–Kier alpha value is -2.12. The highest BCUT2D eigenvalue weighted by Gasteiger charge is 2.17. The fraction of sp³-hybridized carbons (Fsp3) is 0.538. The van der Waals surface area contributed by atoms with E-state index in [0.717, 1.165) is 30.3 Å². The molecule has 0 radical (unpaired) electrons. The van der Waals surface area contributed by atoms with Gasteiger partial charge in [0.1, 0.15) is 5.75 Å². The maximum absolute atomic E-state index is 5.76. The maximum Gasteiger partial charge on any atom is 0.119 e. The Balaban J connectivity index is 1.69. The second-order valence-corrected chi connectivity index (χ2v) is 7.45. The summed E-state index contributed by atoms with van der Waals surface area (Å²) in [5.74, 6) is 15.2. The van der Waals surface area contributed by atoms with E-state index in [1.165, 1.54) is 51.4 Å². The Bertz CT molecular complexity index is 667. The Morgan fingerprint density at radius 3 is 2.37 bits per heavy atom. The first kappa shape index (κ1) is 21.2. The zero-order valence-electron chi connectivity index (χ0n) is 17.1. The number of ether oxygens (including phenoxy) is 1. The van der Waals surface area contributed by atoms with Gasteiger partial charge in [0.2, 0.25) is 0 Å². The number of rotatable bonds is 7. The van der Waals surface area contributed by atoms with Gasteiger partial charge in [0.25, 0.3) is 0 Å². The van der Waals surface area contributed by atoms with Gasteiger partial charge < -0.3 is 4.74 Å². The average Bonchev–Trinajstić information content (AvgIpc) is 2.72. The molecule has 1 heteroatoms. The second kappa shape index (κ2) is 13.1. The van der Waals surface area contributed by atoms with E-state index >= 15 is 0 Å². The first-order valence-corrected chi connectivity index (χ1v) is 10.7. The van der Waals surface area contributed by atoms with Gasteiger partial charge in [-0.05, 0) is 74.4 Å². The summed E-state index contributed by atoms with van der Waals surface area (Å²) in [6.45, 7) is 5.32. The van der Waals surface area contributed by atoms with Gasteiger partial charge in [-0.25, -0.2) is 0 Å². The normalized spacial score (nSPS) is 19.0. The van der Waals surface area contributed by atoms with Crippen molar-refractivity contribution in [3.05, 3.63) is 42.0 Å². The summed E-state index contributed by atoms with van der Waals surface area (Å²) in [7, 11) is 0. The van der Waals surface area contributed by atoms with Gasteiger partial charge in [-0.2, -0.15) is 0 Å². The van der Waals surface area contributed by atoms with Crippen LogP contribution in [0.15, 0.2) is 36.4 Å². The van der Waals surface area contributed by atoms with Gasteiger partial charge in [0.15, 0.2) is 0 Å². The van der Waals surface area contributed by atoms with E-state index < -0.39 is 0 Å². The van der Waals surface area contributed by atoms with Crippen LogP contribution in [0.4, 0.5) is 0 Å². The standard InChI is InChI=1S/C26H34O/c1-3-5-6-11-22-27-26-20-18-25(19-21-26)13-10-8-7-9-12-24-16-14-23(4-2)15-17-24/h7-8,18-21,23-24H,3-6,11,14-17,22H2,1-2H3/b8-7+/t23-,24-. The largest absolute Gasteiger partial charge is 0.494 e. The molecule has 0 atom stereocenters. The van der Waals surface area contributed by atoms with E-state index in [1.54, 1.807) is 0 Å². The van der Waals surface area contributed by atoms with Crippen LogP contribution in [-0.4, -0.2) is 6.61 Å².